The highest BCUT2D eigenvalue weighted by Crippen LogP contribution is 2.21. The van der Waals surface area contributed by atoms with Crippen molar-refractivity contribution in [2.75, 3.05) is 6.54 Å². The van der Waals surface area contributed by atoms with E-state index in [0.29, 0.717) is 16.1 Å². The summed E-state index contributed by atoms with van der Waals surface area (Å²) < 4.78 is 28.4. The Labute approximate surface area is 205 Å². The lowest BCUT2D eigenvalue weighted by Gasteiger charge is -2.21. The summed E-state index contributed by atoms with van der Waals surface area (Å²) in [5.74, 6) is -0.654. The van der Waals surface area contributed by atoms with Crippen LogP contribution in [0.15, 0.2) is 81.2 Å². The SMILES string of the molecule is Cc1ccc(S(=O)(=O)N(CC(=O)N/N=C\c2cc(Br)ccc2O)Cc2cccc(Cl)c2)cc1. The van der Waals surface area contributed by atoms with Gasteiger partial charge in [-0.05, 0) is 55.0 Å². The quantitative estimate of drug-likeness (QED) is 0.320. The molecule has 33 heavy (non-hydrogen) atoms. The van der Waals surface area contributed by atoms with E-state index in [9.17, 15) is 18.3 Å². The number of carbonyl (C=O) groups is 1. The van der Waals surface area contributed by atoms with Crippen LogP contribution in [0.3, 0.4) is 0 Å². The zero-order chi connectivity index (χ0) is 24.0. The average Bonchev–Trinajstić information content (AvgIpc) is 2.76. The predicted octanol–water partition coefficient (Wildman–Crippen LogP) is 4.46. The van der Waals surface area contributed by atoms with E-state index in [-0.39, 0.29) is 17.2 Å². The van der Waals surface area contributed by atoms with Crippen molar-refractivity contribution >= 4 is 49.7 Å². The molecule has 0 aliphatic rings. The molecule has 0 aromatic heterocycles. The average molecular weight is 551 g/mol. The minimum Gasteiger partial charge on any atom is -0.507 e. The van der Waals surface area contributed by atoms with Gasteiger partial charge >= 0.3 is 0 Å². The highest BCUT2D eigenvalue weighted by Gasteiger charge is 2.27. The van der Waals surface area contributed by atoms with E-state index in [0.717, 1.165) is 14.3 Å². The first-order valence-electron chi connectivity index (χ1n) is 9.77. The molecule has 0 unspecified atom stereocenters. The number of hydrogen-bond acceptors (Lipinski definition) is 5. The first-order valence-corrected chi connectivity index (χ1v) is 12.4. The molecule has 0 aliphatic carbocycles. The topological polar surface area (TPSA) is 99.1 Å². The highest BCUT2D eigenvalue weighted by molar-refractivity contribution is 9.10. The van der Waals surface area contributed by atoms with E-state index in [4.69, 9.17) is 11.6 Å². The van der Waals surface area contributed by atoms with Crippen molar-refractivity contribution < 1.29 is 18.3 Å². The molecule has 0 spiro atoms. The summed E-state index contributed by atoms with van der Waals surface area (Å²) in [5, 5.41) is 14.2. The smallest absolute Gasteiger partial charge is 0.255 e. The van der Waals surface area contributed by atoms with E-state index in [1.54, 1.807) is 48.5 Å². The van der Waals surface area contributed by atoms with Gasteiger partial charge in [-0.25, -0.2) is 13.8 Å². The number of carbonyl (C=O) groups excluding carboxylic acids is 1. The van der Waals surface area contributed by atoms with Gasteiger partial charge in [-0.2, -0.15) is 9.41 Å². The Morgan fingerprint density at radius 1 is 1.15 bits per heavy atom. The molecular weight excluding hydrogens is 530 g/mol. The van der Waals surface area contributed by atoms with Gasteiger partial charge in [0, 0.05) is 21.6 Å². The number of hydrogen-bond donors (Lipinski definition) is 2. The van der Waals surface area contributed by atoms with Gasteiger partial charge in [0.15, 0.2) is 0 Å². The van der Waals surface area contributed by atoms with Gasteiger partial charge in [0.1, 0.15) is 5.75 Å². The van der Waals surface area contributed by atoms with Gasteiger partial charge < -0.3 is 5.11 Å². The number of sulfonamides is 1. The lowest BCUT2D eigenvalue weighted by atomic mass is 10.2. The number of nitrogens with zero attached hydrogens (tertiary/aromatic N) is 2. The van der Waals surface area contributed by atoms with Gasteiger partial charge in [0.2, 0.25) is 10.0 Å². The first-order chi connectivity index (χ1) is 15.6. The number of halogens is 2. The van der Waals surface area contributed by atoms with Crippen LogP contribution < -0.4 is 5.43 Å². The Morgan fingerprint density at radius 2 is 1.88 bits per heavy atom. The summed E-state index contributed by atoms with van der Waals surface area (Å²) in [4.78, 5) is 12.6. The molecule has 3 aromatic rings. The van der Waals surface area contributed by atoms with Crippen molar-refractivity contribution in [3.05, 3.63) is 92.9 Å². The largest absolute Gasteiger partial charge is 0.507 e. The summed E-state index contributed by atoms with van der Waals surface area (Å²) in [5.41, 5.74) is 4.24. The Kier molecular flexibility index (Phi) is 8.25. The number of amides is 1. The van der Waals surface area contributed by atoms with Gasteiger partial charge in [-0.3, -0.25) is 4.79 Å². The molecule has 0 bridgehead atoms. The molecule has 3 rings (SSSR count). The van der Waals surface area contributed by atoms with E-state index >= 15 is 0 Å². The lowest BCUT2D eigenvalue weighted by molar-refractivity contribution is -0.121. The van der Waals surface area contributed by atoms with Crippen LogP contribution in [0.2, 0.25) is 5.02 Å². The fourth-order valence-electron chi connectivity index (χ4n) is 2.92. The number of phenolic OH excluding ortho intramolecular Hbond substituents is 1. The minimum atomic E-state index is -3.98. The molecule has 0 aliphatic heterocycles. The third-order valence-corrected chi connectivity index (χ3v) is 7.14. The normalized spacial score (nSPS) is 11.8. The van der Waals surface area contributed by atoms with Crippen LogP contribution in [0.4, 0.5) is 0 Å². The fraction of sp³-hybridized carbons (Fsp3) is 0.130. The van der Waals surface area contributed by atoms with Crippen molar-refractivity contribution in [3.63, 3.8) is 0 Å². The molecule has 0 heterocycles. The zero-order valence-electron chi connectivity index (χ0n) is 17.6. The molecular formula is C23H21BrClN3O4S. The maximum absolute atomic E-state index is 13.3. The number of aryl methyl sites for hydroxylation is 1. The third-order valence-electron chi connectivity index (χ3n) is 4.61. The third kappa shape index (κ3) is 6.88. The molecule has 0 fully saturated rings. The molecule has 3 aromatic carbocycles. The first kappa shape index (κ1) is 24.9. The second kappa shape index (κ2) is 10.9. The molecule has 0 atom stereocenters. The molecule has 0 saturated heterocycles. The molecule has 172 valence electrons. The Bertz CT molecular complexity index is 1280. The molecule has 2 N–H and O–H groups in total. The van der Waals surface area contributed by atoms with Crippen molar-refractivity contribution in [1.82, 2.24) is 9.73 Å². The summed E-state index contributed by atoms with van der Waals surface area (Å²) in [7, 11) is -3.98. The van der Waals surface area contributed by atoms with Gasteiger partial charge in [-0.1, -0.05) is 57.4 Å². The fourth-order valence-corrected chi connectivity index (χ4v) is 4.90. The van der Waals surface area contributed by atoms with Gasteiger partial charge in [0.25, 0.3) is 5.91 Å². The Morgan fingerprint density at radius 3 is 2.58 bits per heavy atom. The van der Waals surface area contributed by atoms with Gasteiger partial charge in [-0.15, -0.1) is 0 Å². The zero-order valence-corrected chi connectivity index (χ0v) is 20.7. The van der Waals surface area contributed by atoms with Crippen molar-refractivity contribution in [2.24, 2.45) is 5.10 Å². The van der Waals surface area contributed by atoms with Crippen LogP contribution in [0.5, 0.6) is 5.75 Å². The summed E-state index contributed by atoms with van der Waals surface area (Å²) in [6.45, 7) is 1.33. The van der Waals surface area contributed by atoms with E-state index in [2.05, 4.69) is 26.5 Å². The molecule has 1 amide bonds. The van der Waals surface area contributed by atoms with E-state index < -0.39 is 22.5 Å². The van der Waals surface area contributed by atoms with Crippen LogP contribution >= 0.6 is 27.5 Å². The number of aromatic hydroxyl groups is 1. The predicted molar refractivity (Wildman–Crippen MR) is 132 cm³/mol. The molecule has 10 heteroatoms. The van der Waals surface area contributed by atoms with E-state index in [1.165, 1.54) is 24.4 Å². The number of hydrazone groups is 1. The Hall–Kier alpha value is -2.72. The van der Waals surface area contributed by atoms with E-state index in [1.807, 2.05) is 6.92 Å². The Balaban J connectivity index is 1.81. The minimum absolute atomic E-state index is 0.0132. The maximum atomic E-state index is 13.3. The number of benzene rings is 3. The van der Waals surface area contributed by atoms with Crippen molar-refractivity contribution in [2.45, 2.75) is 18.4 Å². The standard InChI is InChI=1S/C23H21BrClN3O4S/c1-16-5-8-21(9-6-16)33(31,32)28(14-17-3-2-4-20(25)11-17)15-23(30)27-26-13-18-12-19(24)7-10-22(18)29/h2-13,29H,14-15H2,1H3,(H,27,30)/b26-13-. The van der Waals surface area contributed by atoms with Crippen LogP contribution in [0.25, 0.3) is 0 Å². The summed E-state index contributed by atoms with van der Waals surface area (Å²) in [6.07, 6.45) is 1.27. The summed E-state index contributed by atoms with van der Waals surface area (Å²) in [6, 6.07) is 17.9. The summed E-state index contributed by atoms with van der Waals surface area (Å²) >= 11 is 9.34. The number of rotatable bonds is 8. The molecule has 7 nitrogen and oxygen atoms in total. The van der Waals surface area contributed by atoms with Crippen molar-refractivity contribution in [1.29, 1.82) is 0 Å². The maximum Gasteiger partial charge on any atom is 0.255 e. The van der Waals surface area contributed by atoms with Crippen LogP contribution in [0, 0.1) is 6.92 Å². The number of phenols is 1. The highest BCUT2D eigenvalue weighted by atomic mass is 79.9. The second-order valence-electron chi connectivity index (χ2n) is 7.21. The number of nitrogens with one attached hydrogen (secondary N) is 1. The van der Waals surface area contributed by atoms with Crippen LogP contribution in [-0.4, -0.2) is 36.5 Å². The van der Waals surface area contributed by atoms with Crippen LogP contribution in [0.1, 0.15) is 16.7 Å². The van der Waals surface area contributed by atoms with Gasteiger partial charge in [0.05, 0.1) is 17.7 Å². The van der Waals surface area contributed by atoms with Crippen molar-refractivity contribution in [3.8, 4) is 5.75 Å². The lowest BCUT2D eigenvalue weighted by Crippen LogP contribution is -2.39. The van der Waals surface area contributed by atoms with Crippen LogP contribution in [-0.2, 0) is 21.4 Å². The second-order valence-corrected chi connectivity index (χ2v) is 10.5. The monoisotopic (exact) mass is 549 g/mol. The molecule has 0 saturated carbocycles. The molecule has 0 radical (unpaired) electrons.